The van der Waals surface area contributed by atoms with Gasteiger partial charge in [0.2, 0.25) is 0 Å². The fraction of sp³-hybridized carbons (Fsp3) is 0.333. The molecule has 1 aromatic carbocycles. The molecule has 1 heterocycles. The van der Waals surface area contributed by atoms with E-state index in [1.165, 1.54) is 0 Å². The van der Waals surface area contributed by atoms with E-state index in [0.29, 0.717) is 22.4 Å². The van der Waals surface area contributed by atoms with Crippen LogP contribution >= 0.6 is 11.6 Å². The van der Waals surface area contributed by atoms with E-state index in [-0.39, 0.29) is 0 Å². The minimum Gasteiger partial charge on any atom is -0.495 e. The maximum Gasteiger partial charge on any atom is 0.143 e. The van der Waals surface area contributed by atoms with Gasteiger partial charge in [0.1, 0.15) is 23.2 Å². The lowest BCUT2D eigenvalue weighted by atomic mass is 10.2. The number of aromatic nitrogens is 2. The van der Waals surface area contributed by atoms with Crippen LogP contribution in [-0.2, 0) is 6.42 Å². The number of rotatable bonds is 5. The summed E-state index contributed by atoms with van der Waals surface area (Å²) in [6, 6.07) is 5.39. The lowest BCUT2D eigenvalue weighted by Gasteiger charge is -2.13. The van der Waals surface area contributed by atoms with Crippen molar-refractivity contribution in [2.24, 2.45) is 0 Å². The first-order valence-corrected chi connectivity index (χ1v) is 7.16. The second-order valence-corrected chi connectivity index (χ2v) is 5.18. The summed E-state index contributed by atoms with van der Waals surface area (Å²) in [5.41, 5.74) is 7.57. The number of hydrogen-bond donors (Lipinski definition) is 2. The Labute approximate surface area is 129 Å². The largest absolute Gasteiger partial charge is 0.495 e. The molecule has 21 heavy (non-hydrogen) atoms. The number of halogens is 1. The summed E-state index contributed by atoms with van der Waals surface area (Å²) < 4.78 is 5.34. The Hall–Kier alpha value is -2.01. The standard InChI is InChI=1S/C15H19ClN4O/c1-4-5-14-19-13(17)8-15(20-14)18-11-6-9(2)10(16)7-12(11)21-3/h6-8H,4-5H2,1-3H3,(H3,17,18,19,20). The van der Waals surface area contributed by atoms with Gasteiger partial charge in [-0.15, -0.1) is 0 Å². The van der Waals surface area contributed by atoms with Gasteiger partial charge in [0, 0.05) is 23.6 Å². The van der Waals surface area contributed by atoms with Crippen LogP contribution < -0.4 is 15.8 Å². The topological polar surface area (TPSA) is 73.1 Å². The molecule has 0 amide bonds. The summed E-state index contributed by atoms with van der Waals surface area (Å²) in [6.45, 7) is 4.01. The summed E-state index contributed by atoms with van der Waals surface area (Å²) in [6.07, 6.45) is 1.75. The van der Waals surface area contributed by atoms with E-state index in [9.17, 15) is 0 Å². The van der Waals surface area contributed by atoms with Crippen molar-refractivity contribution in [3.05, 3.63) is 34.6 Å². The highest BCUT2D eigenvalue weighted by molar-refractivity contribution is 6.31. The van der Waals surface area contributed by atoms with E-state index in [4.69, 9.17) is 22.1 Å². The van der Waals surface area contributed by atoms with Crippen molar-refractivity contribution in [2.45, 2.75) is 26.7 Å². The molecule has 0 bridgehead atoms. The van der Waals surface area contributed by atoms with E-state index in [0.717, 1.165) is 29.9 Å². The van der Waals surface area contributed by atoms with Crippen molar-refractivity contribution in [2.75, 3.05) is 18.2 Å². The number of nitrogens with one attached hydrogen (secondary N) is 1. The second kappa shape index (κ2) is 6.63. The maximum absolute atomic E-state index is 6.11. The normalized spacial score (nSPS) is 10.5. The highest BCUT2D eigenvalue weighted by atomic mass is 35.5. The number of hydrogen-bond acceptors (Lipinski definition) is 5. The molecule has 0 atom stereocenters. The molecule has 0 aliphatic carbocycles. The average Bonchev–Trinajstić information content (AvgIpc) is 2.42. The first-order valence-electron chi connectivity index (χ1n) is 6.78. The van der Waals surface area contributed by atoms with Crippen LogP contribution in [0.2, 0.25) is 5.02 Å². The number of methoxy groups -OCH3 is 1. The van der Waals surface area contributed by atoms with Crippen LogP contribution in [0.4, 0.5) is 17.3 Å². The number of nitrogens with two attached hydrogens (primary N) is 1. The zero-order valence-corrected chi connectivity index (χ0v) is 13.2. The van der Waals surface area contributed by atoms with E-state index < -0.39 is 0 Å². The van der Waals surface area contributed by atoms with E-state index in [1.54, 1.807) is 19.2 Å². The number of nitrogens with zero attached hydrogens (tertiary/aromatic N) is 2. The summed E-state index contributed by atoms with van der Waals surface area (Å²) in [7, 11) is 1.60. The third-order valence-electron chi connectivity index (χ3n) is 3.01. The molecular formula is C15H19ClN4O. The van der Waals surface area contributed by atoms with Crippen LogP contribution in [-0.4, -0.2) is 17.1 Å². The molecule has 0 saturated heterocycles. The van der Waals surface area contributed by atoms with Crippen LogP contribution in [0, 0.1) is 6.92 Å². The van der Waals surface area contributed by atoms with Crippen molar-refractivity contribution in [1.82, 2.24) is 9.97 Å². The molecule has 5 nitrogen and oxygen atoms in total. The molecule has 0 unspecified atom stereocenters. The predicted octanol–water partition coefficient (Wildman–Crippen LogP) is 3.73. The molecule has 2 rings (SSSR count). The molecular weight excluding hydrogens is 288 g/mol. The fourth-order valence-electron chi connectivity index (χ4n) is 1.98. The summed E-state index contributed by atoms with van der Waals surface area (Å²) >= 11 is 6.11. The number of nitrogen functional groups attached to an aromatic ring is 1. The van der Waals surface area contributed by atoms with Gasteiger partial charge in [-0.1, -0.05) is 18.5 Å². The zero-order valence-electron chi connectivity index (χ0n) is 12.4. The zero-order chi connectivity index (χ0) is 15.4. The Balaban J connectivity index is 2.35. The average molecular weight is 307 g/mol. The van der Waals surface area contributed by atoms with Crippen LogP contribution in [0.1, 0.15) is 24.7 Å². The molecule has 3 N–H and O–H groups in total. The third kappa shape index (κ3) is 3.76. The van der Waals surface area contributed by atoms with Gasteiger partial charge >= 0.3 is 0 Å². The number of anilines is 3. The Morgan fingerprint density at radius 2 is 2.05 bits per heavy atom. The first kappa shape index (κ1) is 15.4. The van der Waals surface area contributed by atoms with Gasteiger partial charge in [0.15, 0.2) is 0 Å². The molecule has 0 saturated carbocycles. The first-order chi connectivity index (χ1) is 10.0. The highest BCUT2D eigenvalue weighted by Crippen LogP contribution is 2.32. The van der Waals surface area contributed by atoms with Gasteiger partial charge in [0.25, 0.3) is 0 Å². The fourth-order valence-corrected chi connectivity index (χ4v) is 2.14. The number of ether oxygens (including phenoxy) is 1. The molecule has 0 spiro atoms. The summed E-state index contributed by atoms with van der Waals surface area (Å²) in [4.78, 5) is 8.67. The van der Waals surface area contributed by atoms with Crippen LogP contribution in [0.25, 0.3) is 0 Å². The van der Waals surface area contributed by atoms with Gasteiger partial charge < -0.3 is 15.8 Å². The van der Waals surface area contributed by atoms with Crippen molar-refractivity contribution in [1.29, 1.82) is 0 Å². The third-order valence-corrected chi connectivity index (χ3v) is 3.42. The van der Waals surface area contributed by atoms with Crippen LogP contribution in [0.15, 0.2) is 18.2 Å². The van der Waals surface area contributed by atoms with Gasteiger partial charge in [-0.3, -0.25) is 0 Å². The quantitative estimate of drug-likeness (QED) is 0.880. The smallest absolute Gasteiger partial charge is 0.143 e. The minimum atomic E-state index is 0.445. The molecule has 0 aliphatic rings. The number of benzene rings is 1. The van der Waals surface area contributed by atoms with E-state index in [1.807, 2.05) is 13.0 Å². The lowest BCUT2D eigenvalue weighted by Crippen LogP contribution is -2.04. The molecule has 0 fully saturated rings. The minimum absolute atomic E-state index is 0.445. The van der Waals surface area contributed by atoms with Crippen LogP contribution in [0.3, 0.4) is 0 Å². The second-order valence-electron chi connectivity index (χ2n) is 4.77. The van der Waals surface area contributed by atoms with E-state index in [2.05, 4.69) is 22.2 Å². The van der Waals surface area contributed by atoms with E-state index >= 15 is 0 Å². The molecule has 0 aliphatic heterocycles. The van der Waals surface area contributed by atoms with Gasteiger partial charge in [-0.05, 0) is 25.0 Å². The van der Waals surface area contributed by atoms with Crippen LogP contribution in [0.5, 0.6) is 5.75 Å². The number of aryl methyl sites for hydroxylation is 2. The highest BCUT2D eigenvalue weighted by Gasteiger charge is 2.09. The molecule has 0 radical (unpaired) electrons. The molecule has 1 aromatic heterocycles. The van der Waals surface area contributed by atoms with Gasteiger partial charge in [-0.2, -0.15) is 0 Å². The maximum atomic E-state index is 6.11. The Morgan fingerprint density at radius 1 is 1.29 bits per heavy atom. The van der Waals surface area contributed by atoms with Crippen molar-refractivity contribution in [3.8, 4) is 5.75 Å². The monoisotopic (exact) mass is 306 g/mol. The molecule has 112 valence electrons. The Morgan fingerprint density at radius 3 is 2.71 bits per heavy atom. The van der Waals surface area contributed by atoms with Crippen molar-refractivity contribution in [3.63, 3.8) is 0 Å². The summed E-state index contributed by atoms with van der Waals surface area (Å²) in [5.74, 6) is 2.47. The van der Waals surface area contributed by atoms with Gasteiger partial charge in [-0.25, -0.2) is 9.97 Å². The molecule has 2 aromatic rings. The Bertz CT molecular complexity index is 646. The Kier molecular flexibility index (Phi) is 4.85. The summed E-state index contributed by atoms with van der Waals surface area (Å²) in [5, 5.41) is 3.87. The predicted molar refractivity (Wildman–Crippen MR) is 86.5 cm³/mol. The SMILES string of the molecule is CCCc1nc(N)cc(Nc2cc(C)c(Cl)cc2OC)n1. The van der Waals surface area contributed by atoms with Crippen molar-refractivity contribution < 1.29 is 4.74 Å². The molecule has 6 heteroatoms. The lowest BCUT2D eigenvalue weighted by molar-refractivity contribution is 0.416. The van der Waals surface area contributed by atoms with Crippen molar-refractivity contribution >= 4 is 28.9 Å². The van der Waals surface area contributed by atoms with Gasteiger partial charge in [0.05, 0.1) is 12.8 Å².